The van der Waals surface area contributed by atoms with Crippen LogP contribution in [0, 0.1) is 0 Å². The van der Waals surface area contributed by atoms with E-state index in [2.05, 4.69) is 11.0 Å². The summed E-state index contributed by atoms with van der Waals surface area (Å²) in [5, 5.41) is 1.66. The van der Waals surface area contributed by atoms with Crippen molar-refractivity contribution in [3.8, 4) is 11.5 Å². The normalized spacial score (nSPS) is 20.8. The van der Waals surface area contributed by atoms with Gasteiger partial charge in [0, 0.05) is 29.2 Å². The van der Waals surface area contributed by atoms with Crippen molar-refractivity contribution in [2.45, 2.75) is 56.0 Å². The van der Waals surface area contributed by atoms with Crippen LogP contribution in [-0.2, 0) is 27.8 Å². The van der Waals surface area contributed by atoms with Crippen LogP contribution < -0.4 is 9.47 Å². The molecule has 2 atom stereocenters. The largest absolute Gasteiger partial charge is 0.454 e. The van der Waals surface area contributed by atoms with Crippen LogP contribution in [0.15, 0.2) is 48.7 Å². The Morgan fingerprint density at radius 2 is 2.08 bits per heavy atom. The van der Waals surface area contributed by atoms with Gasteiger partial charge in [-0.15, -0.1) is 11.3 Å². The van der Waals surface area contributed by atoms with E-state index in [-0.39, 0.29) is 18.6 Å². The van der Waals surface area contributed by atoms with Gasteiger partial charge in [-0.25, -0.2) is 4.98 Å². The van der Waals surface area contributed by atoms with Gasteiger partial charge in [0.15, 0.2) is 11.5 Å². The van der Waals surface area contributed by atoms with Gasteiger partial charge in [-0.3, -0.25) is 9.69 Å². The van der Waals surface area contributed by atoms with Crippen molar-refractivity contribution in [1.82, 2.24) is 9.88 Å². The van der Waals surface area contributed by atoms with E-state index >= 15 is 0 Å². The zero-order valence-electron chi connectivity index (χ0n) is 21.0. The number of likely N-dealkylation sites (tertiary alicyclic amines) is 1. The van der Waals surface area contributed by atoms with Gasteiger partial charge < -0.3 is 14.2 Å². The molecule has 2 aromatic carbocycles. The minimum absolute atomic E-state index is 0.146. The van der Waals surface area contributed by atoms with Gasteiger partial charge in [0.1, 0.15) is 10.8 Å². The quantitative estimate of drug-likeness (QED) is 0.327. The molecule has 1 saturated carbocycles. The molecule has 8 heteroatoms. The maximum Gasteiger partial charge on any atom is 0.231 e. The summed E-state index contributed by atoms with van der Waals surface area (Å²) in [6.45, 7) is 1.96. The Morgan fingerprint density at radius 3 is 2.89 bits per heavy atom. The molecule has 2 fully saturated rings. The first-order chi connectivity index (χ1) is 18.1. The second kappa shape index (κ2) is 10.4. The Bertz CT molecular complexity index is 1290. The van der Waals surface area contributed by atoms with E-state index in [1.807, 2.05) is 42.6 Å². The van der Waals surface area contributed by atoms with Crippen LogP contribution in [-0.4, -0.2) is 48.8 Å². The average molecular weight is 539 g/mol. The number of halogens is 1. The summed E-state index contributed by atoms with van der Waals surface area (Å²) in [5.41, 5.74) is 1.72. The number of ketones is 1. The summed E-state index contributed by atoms with van der Waals surface area (Å²) in [6.07, 6.45) is 7.12. The lowest BCUT2D eigenvalue weighted by Crippen LogP contribution is -2.37. The van der Waals surface area contributed by atoms with Gasteiger partial charge in [-0.05, 0) is 68.0 Å². The fourth-order valence-electron chi connectivity index (χ4n) is 5.81. The third-order valence-corrected chi connectivity index (χ3v) is 9.44. The molecular weight excluding hydrogens is 508 g/mol. The molecule has 0 radical (unpaired) electrons. The maximum absolute atomic E-state index is 13.6. The molecule has 1 aliphatic carbocycles. The molecule has 1 aromatic heterocycles. The molecule has 2 aliphatic heterocycles. The van der Waals surface area contributed by atoms with Gasteiger partial charge in [0.2, 0.25) is 6.79 Å². The molecule has 3 aromatic rings. The molecule has 3 aliphatic rings. The number of benzene rings is 2. The van der Waals surface area contributed by atoms with Crippen molar-refractivity contribution in [2.75, 3.05) is 27.1 Å². The highest BCUT2D eigenvalue weighted by Crippen LogP contribution is 2.51. The first-order valence-corrected chi connectivity index (χ1v) is 14.1. The summed E-state index contributed by atoms with van der Waals surface area (Å²) in [6, 6.07) is 14.5. The zero-order valence-corrected chi connectivity index (χ0v) is 22.5. The second-order valence-corrected chi connectivity index (χ2v) is 11.8. The lowest BCUT2D eigenvalue weighted by atomic mass is 9.89. The molecular formula is C29H31ClN2O4S. The minimum Gasteiger partial charge on any atom is -0.454 e. The molecule has 3 heterocycles. The van der Waals surface area contributed by atoms with Crippen LogP contribution in [0.3, 0.4) is 0 Å². The van der Waals surface area contributed by atoms with Crippen LogP contribution in [0.25, 0.3) is 0 Å². The summed E-state index contributed by atoms with van der Waals surface area (Å²) in [7, 11) is 1.77. The fourth-order valence-corrected chi connectivity index (χ4v) is 7.06. The van der Waals surface area contributed by atoms with Gasteiger partial charge in [0.25, 0.3) is 0 Å². The van der Waals surface area contributed by atoms with Crippen molar-refractivity contribution in [3.63, 3.8) is 0 Å². The maximum atomic E-state index is 13.6. The summed E-state index contributed by atoms with van der Waals surface area (Å²) in [5.74, 6) is 1.70. The fraction of sp³-hybridized carbons (Fsp3) is 0.448. The number of ether oxygens (including phenoxy) is 3. The Balaban J connectivity index is 1.23. The zero-order chi connectivity index (χ0) is 25.4. The number of nitrogens with zero attached hydrogens (tertiary/aromatic N) is 2. The van der Waals surface area contributed by atoms with Crippen LogP contribution in [0.4, 0.5) is 0 Å². The predicted octanol–water partition coefficient (Wildman–Crippen LogP) is 5.76. The first kappa shape index (κ1) is 24.9. The average Bonchev–Trinajstić information content (AvgIpc) is 3.22. The number of carbonyl (C=O) groups excluding carboxylic acids is 1. The standard InChI is InChI=1S/C29H31ClN2O4S/c1-34-17-21-6-4-12-32(21)23(13-19-5-2-3-7-22(19)30)26-16-31-28(37-26)15-27(33)29(10-11-29)20-8-9-24-25(14-20)36-18-35-24/h2-3,5,7-9,14,16,21,23H,4,6,10-13,15,17-18H2,1H3/t21-,23?/m0/s1. The van der Waals surface area contributed by atoms with Crippen molar-refractivity contribution in [2.24, 2.45) is 0 Å². The molecule has 0 amide bonds. The van der Waals surface area contributed by atoms with Crippen LogP contribution in [0.2, 0.25) is 5.02 Å². The second-order valence-electron chi connectivity index (χ2n) is 10.2. The molecule has 6 rings (SSSR count). The van der Waals surface area contributed by atoms with Gasteiger partial charge in [0.05, 0.1) is 24.5 Å². The molecule has 37 heavy (non-hydrogen) atoms. The first-order valence-electron chi connectivity index (χ1n) is 12.9. The molecule has 0 N–H and O–H groups in total. The van der Waals surface area contributed by atoms with E-state index < -0.39 is 5.41 Å². The van der Waals surface area contributed by atoms with E-state index in [0.29, 0.717) is 19.1 Å². The van der Waals surface area contributed by atoms with Gasteiger partial charge in [-0.2, -0.15) is 0 Å². The van der Waals surface area contributed by atoms with E-state index in [1.165, 1.54) is 4.88 Å². The van der Waals surface area contributed by atoms with Crippen molar-refractivity contribution >= 4 is 28.7 Å². The number of rotatable bonds is 10. The topological polar surface area (TPSA) is 60.9 Å². The van der Waals surface area contributed by atoms with Crippen LogP contribution in [0.1, 0.15) is 52.7 Å². The van der Waals surface area contributed by atoms with E-state index in [1.54, 1.807) is 18.4 Å². The Labute approximate surface area is 226 Å². The monoisotopic (exact) mass is 538 g/mol. The number of aromatic nitrogens is 1. The number of thiazole rings is 1. The van der Waals surface area contributed by atoms with Crippen LogP contribution in [0.5, 0.6) is 11.5 Å². The number of Topliss-reactive ketones (excluding diaryl/α,β-unsaturated/α-hetero) is 1. The summed E-state index contributed by atoms with van der Waals surface area (Å²) < 4.78 is 16.5. The van der Waals surface area contributed by atoms with Crippen molar-refractivity contribution < 1.29 is 19.0 Å². The van der Waals surface area contributed by atoms with E-state index in [9.17, 15) is 4.79 Å². The molecule has 0 spiro atoms. The van der Waals surface area contributed by atoms with Crippen molar-refractivity contribution in [1.29, 1.82) is 0 Å². The van der Waals surface area contributed by atoms with Crippen molar-refractivity contribution in [3.05, 3.63) is 74.7 Å². The molecule has 0 bridgehead atoms. The molecule has 1 unspecified atom stereocenters. The molecule has 194 valence electrons. The van der Waals surface area contributed by atoms with Crippen LogP contribution >= 0.6 is 22.9 Å². The number of hydrogen-bond donors (Lipinski definition) is 0. The smallest absolute Gasteiger partial charge is 0.231 e. The third-order valence-electron chi connectivity index (χ3n) is 7.97. The number of carbonyl (C=O) groups is 1. The lowest BCUT2D eigenvalue weighted by Gasteiger charge is -2.32. The molecule has 6 nitrogen and oxygen atoms in total. The third kappa shape index (κ3) is 4.90. The SMILES string of the molecule is COC[C@@H]1CCCN1C(Cc1ccccc1Cl)c1cnc(CC(=O)C2(c3ccc4c(c3)OCO4)CC2)s1. The highest BCUT2D eigenvalue weighted by Gasteiger charge is 2.51. The lowest BCUT2D eigenvalue weighted by molar-refractivity contribution is -0.120. The number of fused-ring (bicyclic) bond motifs is 1. The highest BCUT2D eigenvalue weighted by atomic mass is 35.5. The Morgan fingerprint density at radius 1 is 1.24 bits per heavy atom. The van der Waals surface area contributed by atoms with E-state index in [0.717, 1.165) is 71.3 Å². The highest BCUT2D eigenvalue weighted by molar-refractivity contribution is 7.11. The summed E-state index contributed by atoms with van der Waals surface area (Å²) in [4.78, 5) is 22.0. The van der Waals surface area contributed by atoms with Gasteiger partial charge >= 0.3 is 0 Å². The number of methoxy groups -OCH3 is 1. The van der Waals surface area contributed by atoms with E-state index in [4.69, 9.17) is 30.8 Å². The Kier molecular flexibility index (Phi) is 6.97. The van der Waals surface area contributed by atoms with Gasteiger partial charge in [-0.1, -0.05) is 35.9 Å². The minimum atomic E-state index is -0.428. The predicted molar refractivity (Wildman–Crippen MR) is 144 cm³/mol. The number of hydrogen-bond acceptors (Lipinski definition) is 7. The summed E-state index contributed by atoms with van der Waals surface area (Å²) >= 11 is 8.23. The molecule has 1 saturated heterocycles. The Hall–Kier alpha value is -2.45.